The smallest absolute Gasteiger partial charge is 0.211 e. The quantitative estimate of drug-likeness (QED) is 0.218. The molecule has 0 heterocycles. The van der Waals surface area contributed by atoms with Gasteiger partial charge in [0.2, 0.25) is 10.0 Å². The van der Waals surface area contributed by atoms with E-state index in [9.17, 15) is 8.42 Å². The van der Waals surface area contributed by atoms with Crippen LogP contribution in [0.5, 0.6) is 0 Å². The van der Waals surface area contributed by atoms with Crippen molar-refractivity contribution in [2.24, 2.45) is 4.99 Å². The molecule has 0 spiro atoms. The predicted molar refractivity (Wildman–Crippen MR) is 124 cm³/mol. The van der Waals surface area contributed by atoms with Crippen LogP contribution in [0.1, 0.15) is 25.8 Å². The van der Waals surface area contributed by atoms with Crippen LogP contribution in [0.25, 0.3) is 0 Å². The molecule has 0 amide bonds. The van der Waals surface area contributed by atoms with Gasteiger partial charge in [0, 0.05) is 44.2 Å². The molecule has 1 aromatic rings. The summed E-state index contributed by atoms with van der Waals surface area (Å²) in [6, 6.07) is 8.21. The molecule has 0 bridgehead atoms. The molecule has 0 aliphatic heterocycles. The standard InChI is InChI=1S/C17H29BrN4O2S.HI/c1-5-19-17(20-12-7-13-22(6-2)25(4,23)24)21(3)14-15-8-10-16(18)11-9-15;/h8-11H,5-7,12-14H2,1-4H3,(H,19,20);1H. The highest BCUT2D eigenvalue weighted by atomic mass is 127. The number of rotatable bonds is 9. The van der Waals surface area contributed by atoms with E-state index in [0.29, 0.717) is 26.1 Å². The van der Waals surface area contributed by atoms with E-state index in [2.05, 4.69) is 43.3 Å². The Labute approximate surface area is 183 Å². The molecule has 0 aliphatic carbocycles. The third-order valence-corrected chi connectivity index (χ3v) is 5.59. The van der Waals surface area contributed by atoms with Crippen molar-refractivity contribution in [1.82, 2.24) is 14.5 Å². The van der Waals surface area contributed by atoms with Gasteiger partial charge in [-0.2, -0.15) is 0 Å². The van der Waals surface area contributed by atoms with Gasteiger partial charge < -0.3 is 10.2 Å². The third kappa shape index (κ3) is 9.52. The number of hydrogen-bond acceptors (Lipinski definition) is 3. The minimum atomic E-state index is -3.13. The lowest BCUT2D eigenvalue weighted by atomic mass is 10.2. The number of nitrogens with zero attached hydrogens (tertiary/aromatic N) is 3. The summed E-state index contributed by atoms with van der Waals surface area (Å²) in [7, 11) is -1.13. The van der Waals surface area contributed by atoms with Gasteiger partial charge in [-0.05, 0) is 31.0 Å². The second kappa shape index (κ2) is 12.9. The highest BCUT2D eigenvalue weighted by Crippen LogP contribution is 2.11. The van der Waals surface area contributed by atoms with Crippen molar-refractivity contribution in [3.05, 3.63) is 34.3 Å². The summed E-state index contributed by atoms with van der Waals surface area (Å²) >= 11 is 3.44. The Balaban J connectivity index is 0.00000625. The molecule has 26 heavy (non-hydrogen) atoms. The van der Waals surface area contributed by atoms with Gasteiger partial charge in [0.25, 0.3) is 0 Å². The Morgan fingerprint density at radius 2 is 1.85 bits per heavy atom. The maximum atomic E-state index is 11.6. The number of benzene rings is 1. The van der Waals surface area contributed by atoms with Gasteiger partial charge >= 0.3 is 0 Å². The van der Waals surface area contributed by atoms with Crippen LogP contribution in [0.2, 0.25) is 0 Å². The van der Waals surface area contributed by atoms with Gasteiger partial charge in [0.1, 0.15) is 0 Å². The molecular formula is C17H30BrIN4O2S. The fraction of sp³-hybridized carbons (Fsp3) is 0.588. The Hall–Kier alpha value is -0.390. The van der Waals surface area contributed by atoms with E-state index in [-0.39, 0.29) is 24.0 Å². The third-order valence-electron chi connectivity index (χ3n) is 3.68. The lowest BCUT2D eigenvalue weighted by molar-refractivity contribution is 0.425. The molecule has 9 heteroatoms. The molecule has 0 aliphatic rings. The summed E-state index contributed by atoms with van der Waals surface area (Å²) in [5, 5.41) is 3.28. The van der Waals surface area contributed by atoms with Crippen LogP contribution in [0, 0.1) is 0 Å². The Morgan fingerprint density at radius 3 is 2.35 bits per heavy atom. The maximum absolute atomic E-state index is 11.6. The number of guanidine groups is 1. The van der Waals surface area contributed by atoms with Gasteiger partial charge in [0.15, 0.2) is 5.96 Å². The monoisotopic (exact) mass is 560 g/mol. The molecule has 0 aromatic heterocycles. The highest BCUT2D eigenvalue weighted by Gasteiger charge is 2.13. The first-order valence-electron chi connectivity index (χ1n) is 8.47. The topological polar surface area (TPSA) is 65.0 Å². The number of halogens is 2. The van der Waals surface area contributed by atoms with Gasteiger partial charge in [-0.15, -0.1) is 24.0 Å². The van der Waals surface area contributed by atoms with Crippen molar-refractivity contribution < 1.29 is 8.42 Å². The van der Waals surface area contributed by atoms with Crippen LogP contribution in [0.3, 0.4) is 0 Å². The number of hydrogen-bond donors (Lipinski definition) is 1. The predicted octanol–water partition coefficient (Wildman–Crippen LogP) is 3.14. The average molecular weight is 561 g/mol. The van der Waals surface area contributed by atoms with E-state index >= 15 is 0 Å². The van der Waals surface area contributed by atoms with E-state index < -0.39 is 10.0 Å². The second-order valence-corrected chi connectivity index (χ2v) is 8.72. The summed E-state index contributed by atoms with van der Waals surface area (Å²) < 4.78 is 25.7. The molecule has 1 aromatic carbocycles. The molecule has 6 nitrogen and oxygen atoms in total. The summed E-state index contributed by atoms with van der Waals surface area (Å²) in [4.78, 5) is 6.69. The van der Waals surface area contributed by atoms with Crippen LogP contribution in [-0.4, -0.2) is 63.1 Å². The van der Waals surface area contributed by atoms with Crippen LogP contribution in [0.4, 0.5) is 0 Å². The molecule has 1 N–H and O–H groups in total. The fourth-order valence-corrected chi connectivity index (χ4v) is 3.59. The Morgan fingerprint density at radius 1 is 1.23 bits per heavy atom. The summed E-state index contributed by atoms with van der Waals surface area (Å²) in [6.07, 6.45) is 1.94. The van der Waals surface area contributed by atoms with Gasteiger partial charge in [-0.1, -0.05) is 35.0 Å². The van der Waals surface area contributed by atoms with E-state index in [0.717, 1.165) is 23.5 Å². The molecule has 0 saturated heterocycles. The molecule has 0 radical (unpaired) electrons. The molecule has 150 valence electrons. The number of nitrogens with one attached hydrogen (secondary N) is 1. The molecule has 0 atom stereocenters. The molecule has 0 saturated carbocycles. The second-order valence-electron chi connectivity index (χ2n) is 5.83. The van der Waals surface area contributed by atoms with E-state index in [1.165, 1.54) is 16.1 Å². The lowest BCUT2D eigenvalue weighted by Crippen LogP contribution is -2.38. The van der Waals surface area contributed by atoms with Gasteiger partial charge in [0.05, 0.1) is 6.26 Å². The number of sulfonamides is 1. The van der Waals surface area contributed by atoms with Gasteiger partial charge in [-0.25, -0.2) is 12.7 Å². The van der Waals surface area contributed by atoms with Crippen LogP contribution >= 0.6 is 39.9 Å². The van der Waals surface area contributed by atoms with Crippen molar-refractivity contribution in [3.63, 3.8) is 0 Å². The highest BCUT2D eigenvalue weighted by molar-refractivity contribution is 14.0. The normalized spacial score (nSPS) is 12.0. The minimum absolute atomic E-state index is 0. The van der Waals surface area contributed by atoms with Crippen LogP contribution in [0.15, 0.2) is 33.7 Å². The lowest BCUT2D eigenvalue weighted by Gasteiger charge is -2.22. The molecule has 0 fully saturated rings. The Bertz CT molecular complexity index is 653. The van der Waals surface area contributed by atoms with Crippen molar-refractivity contribution in [3.8, 4) is 0 Å². The maximum Gasteiger partial charge on any atom is 0.211 e. The SMILES string of the molecule is CCNC(=NCCCN(CC)S(C)(=O)=O)N(C)Cc1ccc(Br)cc1.I. The Kier molecular flexibility index (Phi) is 12.7. The zero-order chi connectivity index (χ0) is 18.9. The van der Waals surface area contributed by atoms with Gasteiger partial charge in [-0.3, -0.25) is 4.99 Å². The molecule has 1 rings (SSSR count). The first-order valence-corrected chi connectivity index (χ1v) is 11.1. The largest absolute Gasteiger partial charge is 0.357 e. The van der Waals surface area contributed by atoms with Crippen LogP contribution in [-0.2, 0) is 16.6 Å². The zero-order valence-electron chi connectivity index (χ0n) is 15.9. The molecular weight excluding hydrogens is 531 g/mol. The van der Waals surface area contributed by atoms with Crippen molar-refractivity contribution >= 4 is 55.9 Å². The van der Waals surface area contributed by atoms with E-state index in [4.69, 9.17) is 0 Å². The fourth-order valence-electron chi connectivity index (χ4n) is 2.40. The van der Waals surface area contributed by atoms with Crippen LogP contribution < -0.4 is 5.32 Å². The summed E-state index contributed by atoms with van der Waals surface area (Å²) in [5.74, 6) is 0.827. The first kappa shape index (κ1) is 25.6. The van der Waals surface area contributed by atoms with Crippen molar-refractivity contribution in [2.75, 3.05) is 39.5 Å². The zero-order valence-corrected chi connectivity index (χ0v) is 20.6. The van der Waals surface area contributed by atoms with Crippen molar-refractivity contribution in [2.45, 2.75) is 26.8 Å². The summed E-state index contributed by atoms with van der Waals surface area (Å²) in [5.41, 5.74) is 1.20. The number of aliphatic imine (C=N–C) groups is 1. The summed E-state index contributed by atoms with van der Waals surface area (Å²) in [6.45, 7) is 6.99. The first-order chi connectivity index (χ1) is 11.8. The van der Waals surface area contributed by atoms with E-state index in [1.807, 2.05) is 33.0 Å². The molecule has 0 unspecified atom stereocenters. The van der Waals surface area contributed by atoms with E-state index in [1.54, 1.807) is 0 Å². The van der Waals surface area contributed by atoms with Crippen molar-refractivity contribution in [1.29, 1.82) is 0 Å². The minimum Gasteiger partial charge on any atom is -0.357 e. The average Bonchev–Trinajstić information content (AvgIpc) is 2.54.